The maximum absolute atomic E-state index is 13.2. The van der Waals surface area contributed by atoms with Gasteiger partial charge in [-0.05, 0) is 48.6 Å². The van der Waals surface area contributed by atoms with E-state index in [-0.39, 0.29) is 11.5 Å². The Morgan fingerprint density at radius 1 is 1.04 bits per heavy atom. The predicted octanol–water partition coefficient (Wildman–Crippen LogP) is 4.92. The van der Waals surface area contributed by atoms with Crippen molar-refractivity contribution in [3.63, 3.8) is 0 Å². The van der Waals surface area contributed by atoms with Crippen LogP contribution in [0, 0.1) is 12.3 Å². The fraction of sp³-hybridized carbons (Fsp3) is 0.368. The average Bonchev–Trinajstić information content (AvgIpc) is 2.85. The smallest absolute Gasteiger partial charge is 0.207 e. The van der Waals surface area contributed by atoms with Gasteiger partial charge in [0, 0.05) is 11.0 Å². The minimum Gasteiger partial charge on any atom is -0.207 e. The lowest BCUT2D eigenvalue weighted by atomic mass is 9.89. The van der Waals surface area contributed by atoms with E-state index in [1.54, 1.807) is 16.4 Å². The second kappa shape index (κ2) is 6.28. The van der Waals surface area contributed by atoms with Crippen molar-refractivity contribution in [2.24, 2.45) is 5.41 Å². The molecule has 1 atom stereocenters. The van der Waals surface area contributed by atoms with Gasteiger partial charge in [0.25, 0.3) is 0 Å². The molecule has 1 saturated heterocycles. The molecule has 2 aromatic carbocycles. The van der Waals surface area contributed by atoms with E-state index < -0.39 is 10.0 Å². The Labute approximate surface area is 152 Å². The zero-order valence-corrected chi connectivity index (χ0v) is 16.6. The third-order valence-electron chi connectivity index (χ3n) is 4.56. The number of aryl methyl sites for hydroxylation is 1. The molecule has 2 aromatic rings. The molecule has 0 amide bonds. The molecule has 0 saturated carbocycles. The van der Waals surface area contributed by atoms with Crippen LogP contribution in [0.2, 0.25) is 0 Å². The van der Waals surface area contributed by atoms with E-state index in [0.717, 1.165) is 22.0 Å². The second-order valence-electron chi connectivity index (χ2n) is 7.30. The number of nitrogens with zero attached hydrogens (tertiary/aromatic N) is 1. The van der Waals surface area contributed by atoms with Crippen molar-refractivity contribution in [3.8, 4) is 0 Å². The van der Waals surface area contributed by atoms with Crippen LogP contribution in [0.15, 0.2) is 57.9 Å². The standard InChI is InChI=1S/C19H22BrNO2S/c1-14-4-10-17(11-5-14)24(22,23)21-13-19(2,3)12-18(21)15-6-8-16(20)9-7-15/h4-11,18H,12-13H2,1-3H3. The highest BCUT2D eigenvalue weighted by Gasteiger charge is 2.44. The molecule has 0 aromatic heterocycles. The fourth-order valence-corrected chi connectivity index (χ4v) is 5.35. The summed E-state index contributed by atoms with van der Waals surface area (Å²) >= 11 is 3.44. The number of hydrogen-bond donors (Lipinski definition) is 0. The van der Waals surface area contributed by atoms with E-state index in [0.29, 0.717) is 11.4 Å². The van der Waals surface area contributed by atoms with Crippen LogP contribution in [0.3, 0.4) is 0 Å². The van der Waals surface area contributed by atoms with Crippen LogP contribution >= 0.6 is 15.9 Å². The van der Waals surface area contributed by atoms with Crippen LogP contribution in [0.4, 0.5) is 0 Å². The van der Waals surface area contributed by atoms with Crippen LogP contribution in [-0.4, -0.2) is 19.3 Å². The third kappa shape index (κ3) is 3.44. The SMILES string of the molecule is Cc1ccc(S(=O)(=O)N2CC(C)(C)CC2c2ccc(Br)cc2)cc1. The van der Waals surface area contributed by atoms with E-state index in [2.05, 4.69) is 29.8 Å². The number of sulfonamides is 1. The number of benzene rings is 2. The maximum Gasteiger partial charge on any atom is 0.243 e. The van der Waals surface area contributed by atoms with Crippen molar-refractivity contribution >= 4 is 26.0 Å². The number of halogens is 1. The number of rotatable bonds is 3. The predicted molar refractivity (Wildman–Crippen MR) is 100 cm³/mol. The van der Waals surface area contributed by atoms with Gasteiger partial charge in [0.05, 0.1) is 10.9 Å². The quantitative estimate of drug-likeness (QED) is 0.723. The van der Waals surface area contributed by atoms with Crippen LogP contribution in [0.1, 0.15) is 37.4 Å². The second-order valence-corrected chi connectivity index (χ2v) is 10.1. The van der Waals surface area contributed by atoms with Crippen molar-refractivity contribution in [2.45, 2.75) is 38.1 Å². The minimum atomic E-state index is -3.51. The largest absolute Gasteiger partial charge is 0.243 e. The van der Waals surface area contributed by atoms with Gasteiger partial charge >= 0.3 is 0 Å². The molecule has 1 unspecified atom stereocenters. The van der Waals surface area contributed by atoms with Gasteiger partial charge in [0.2, 0.25) is 10.0 Å². The monoisotopic (exact) mass is 407 g/mol. The van der Waals surface area contributed by atoms with Gasteiger partial charge in [-0.3, -0.25) is 0 Å². The van der Waals surface area contributed by atoms with Crippen LogP contribution in [0.25, 0.3) is 0 Å². The van der Waals surface area contributed by atoms with Crippen LogP contribution in [-0.2, 0) is 10.0 Å². The summed E-state index contributed by atoms with van der Waals surface area (Å²) in [5, 5.41) is 0. The lowest BCUT2D eigenvalue weighted by molar-refractivity contribution is 0.368. The summed E-state index contributed by atoms with van der Waals surface area (Å²) in [6.07, 6.45) is 0.819. The van der Waals surface area contributed by atoms with E-state index in [1.165, 1.54) is 0 Å². The first-order chi connectivity index (χ1) is 11.2. The van der Waals surface area contributed by atoms with Crippen LogP contribution < -0.4 is 0 Å². The summed E-state index contributed by atoms with van der Waals surface area (Å²) in [5.41, 5.74) is 2.05. The molecule has 0 spiro atoms. The van der Waals surface area contributed by atoms with Crippen molar-refractivity contribution in [2.75, 3.05) is 6.54 Å². The van der Waals surface area contributed by atoms with Crippen molar-refractivity contribution in [1.82, 2.24) is 4.31 Å². The highest BCUT2D eigenvalue weighted by atomic mass is 79.9. The van der Waals surface area contributed by atoms with Gasteiger partial charge < -0.3 is 0 Å². The molecule has 0 radical (unpaired) electrons. The summed E-state index contributed by atoms with van der Waals surface area (Å²) < 4.78 is 29.1. The van der Waals surface area contributed by atoms with E-state index in [9.17, 15) is 8.42 Å². The Morgan fingerprint density at radius 3 is 2.21 bits per heavy atom. The third-order valence-corrected chi connectivity index (χ3v) is 6.96. The minimum absolute atomic E-state index is 0.0461. The zero-order chi connectivity index (χ0) is 17.5. The van der Waals surface area contributed by atoms with E-state index in [1.807, 2.05) is 43.3 Å². The summed E-state index contributed by atoms with van der Waals surface area (Å²) in [6, 6.07) is 14.9. The van der Waals surface area contributed by atoms with Crippen LogP contribution in [0.5, 0.6) is 0 Å². The molecule has 1 heterocycles. The summed E-state index contributed by atoms with van der Waals surface area (Å²) in [6.45, 7) is 6.75. The molecule has 5 heteroatoms. The summed E-state index contributed by atoms with van der Waals surface area (Å²) in [7, 11) is -3.51. The molecule has 1 aliphatic rings. The van der Waals surface area contributed by atoms with E-state index in [4.69, 9.17) is 0 Å². The Hall–Kier alpha value is -1.17. The highest BCUT2D eigenvalue weighted by Crippen LogP contribution is 2.45. The van der Waals surface area contributed by atoms with E-state index >= 15 is 0 Å². The molecule has 3 nitrogen and oxygen atoms in total. The molecule has 0 N–H and O–H groups in total. The van der Waals surface area contributed by atoms with Crippen molar-refractivity contribution < 1.29 is 8.42 Å². The van der Waals surface area contributed by atoms with Gasteiger partial charge in [-0.1, -0.05) is 59.6 Å². The Kier molecular flexibility index (Phi) is 4.62. The zero-order valence-electron chi connectivity index (χ0n) is 14.2. The Balaban J connectivity index is 2.02. The fourth-order valence-electron chi connectivity index (χ4n) is 3.29. The Morgan fingerprint density at radius 2 is 1.62 bits per heavy atom. The van der Waals surface area contributed by atoms with Gasteiger partial charge in [0.1, 0.15) is 0 Å². The molecule has 1 aliphatic heterocycles. The number of hydrogen-bond acceptors (Lipinski definition) is 2. The van der Waals surface area contributed by atoms with Gasteiger partial charge in [-0.15, -0.1) is 0 Å². The first kappa shape index (κ1) is 17.6. The van der Waals surface area contributed by atoms with Crippen molar-refractivity contribution in [1.29, 1.82) is 0 Å². The van der Waals surface area contributed by atoms with Gasteiger partial charge in [-0.25, -0.2) is 8.42 Å². The maximum atomic E-state index is 13.2. The molecule has 3 rings (SSSR count). The topological polar surface area (TPSA) is 37.4 Å². The molecule has 0 bridgehead atoms. The molecule has 128 valence electrons. The summed E-state index contributed by atoms with van der Waals surface area (Å²) in [4.78, 5) is 0.368. The molecule has 24 heavy (non-hydrogen) atoms. The summed E-state index contributed by atoms with van der Waals surface area (Å²) in [5.74, 6) is 0. The van der Waals surface area contributed by atoms with Gasteiger partial charge in [0.15, 0.2) is 0 Å². The lowest BCUT2D eigenvalue weighted by Crippen LogP contribution is -2.32. The average molecular weight is 408 g/mol. The lowest BCUT2D eigenvalue weighted by Gasteiger charge is -2.24. The first-order valence-electron chi connectivity index (χ1n) is 8.03. The first-order valence-corrected chi connectivity index (χ1v) is 10.3. The Bertz CT molecular complexity index is 827. The molecule has 1 fully saturated rings. The van der Waals surface area contributed by atoms with Crippen molar-refractivity contribution in [3.05, 3.63) is 64.1 Å². The molecule has 0 aliphatic carbocycles. The highest BCUT2D eigenvalue weighted by molar-refractivity contribution is 9.10. The van der Waals surface area contributed by atoms with Gasteiger partial charge in [-0.2, -0.15) is 4.31 Å². The molecular weight excluding hydrogens is 386 g/mol. The normalized spacial score (nSPS) is 21.1. The molecular formula is C19H22BrNO2S.